The van der Waals surface area contributed by atoms with Crippen molar-refractivity contribution in [1.29, 1.82) is 0 Å². The lowest BCUT2D eigenvalue weighted by Gasteiger charge is -2.26. The number of hydrogen-bond acceptors (Lipinski definition) is 2. The van der Waals surface area contributed by atoms with E-state index in [2.05, 4.69) is 20.9 Å². The molecule has 0 aliphatic rings. The fourth-order valence-electron chi connectivity index (χ4n) is 2.56. The molecule has 0 fully saturated rings. The van der Waals surface area contributed by atoms with Crippen LogP contribution >= 0.6 is 15.9 Å². The summed E-state index contributed by atoms with van der Waals surface area (Å²) in [6.45, 7) is 3.85. The molecule has 20 heavy (non-hydrogen) atoms. The average Bonchev–Trinajstić information content (AvgIpc) is 2.71. The molecule has 0 spiro atoms. The van der Waals surface area contributed by atoms with Crippen molar-refractivity contribution in [2.45, 2.75) is 33.1 Å². The van der Waals surface area contributed by atoms with E-state index in [1.54, 1.807) is 0 Å². The van der Waals surface area contributed by atoms with E-state index < -0.39 is 11.4 Å². The minimum atomic E-state index is -0.740. The largest absolute Gasteiger partial charge is 0.481 e. The fourth-order valence-corrected chi connectivity index (χ4v) is 2.91. The van der Waals surface area contributed by atoms with Gasteiger partial charge >= 0.3 is 5.97 Å². The third-order valence-corrected chi connectivity index (χ3v) is 4.73. The van der Waals surface area contributed by atoms with Gasteiger partial charge < -0.3 is 9.67 Å². The number of carboxylic acids is 1. The number of carboxylic acid groups (broad SMARTS) is 1. The van der Waals surface area contributed by atoms with Crippen molar-refractivity contribution in [3.05, 3.63) is 28.5 Å². The zero-order chi connectivity index (χ0) is 14.9. The third-order valence-electron chi connectivity index (χ3n) is 4.24. The smallest absolute Gasteiger partial charge is 0.310 e. The van der Waals surface area contributed by atoms with E-state index in [4.69, 9.17) is 0 Å². The Morgan fingerprint density at radius 2 is 2.05 bits per heavy atom. The lowest BCUT2D eigenvalue weighted by molar-refractivity contribution is -0.149. The molecule has 2 rings (SSSR count). The molecule has 108 valence electrons. The van der Waals surface area contributed by atoms with Gasteiger partial charge in [-0.25, -0.2) is 4.98 Å². The van der Waals surface area contributed by atoms with Crippen LogP contribution in [0.15, 0.2) is 22.7 Å². The van der Waals surface area contributed by atoms with Gasteiger partial charge in [0.2, 0.25) is 0 Å². The molecule has 1 aromatic heterocycles. The molecule has 1 N–H and O–H groups in total. The van der Waals surface area contributed by atoms with Crippen molar-refractivity contribution >= 4 is 32.9 Å². The highest BCUT2D eigenvalue weighted by Crippen LogP contribution is 2.32. The number of aromatic nitrogens is 2. The average molecular weight is 339 g/mol. The summed E-state index contributed by atoms with van der Waals surface area (Å²) >= 11 is 3.43. The Balaban J connectivity index is 2.48. The summed E-state index contributed by atoms with van der Waals surface area (Å²) in [5.74, 6) is 0.0833. The van der Waals surface area contributed by atoms with Crippen LogP contribution in [-0.4, -0.2) is 20.6 Å². The number of hydrogen-bond donors (Lipinski definition) is 1. The van der Waals surface area contributed by atoms with E-state index in [0.717, 1.165) is 21.3 Å². The highest BCUT2D eigenvalue weighted by atomic mass is 79.9. The number of nitrogens with zero attached hydrogens (tertiary/aromatic N) is 2. The molecule has 0 atom stereocenters. The predicted octanol–water partition coefficient (Wildman–Crippen LogP) is 3.77. The van der Waals surface area contributed by atoms with Crippen molar-refractivity contribution in [1.82, 2.24) is 9.55 Å². The molecule has 0 amide bonds. The number of benzene rings is 1. The van der Waals surface area contributed by atoms with E-state index in [-0.39, 0.29) is 0 Å². The number of carbonyl (C=O) groups is 1. The zero-order valence-corrected chi connectivity index (χ0v) is 13.6. The van der Waals surface area contributed by atoms with Gasteiger partial charge in [0.25, 0.3) is 0 Å². The number of fused-ring (bicyclic) bond motifs is 1. The molecular weight excluding hydrogens is 320 g/mol. The second-order valence-electron chi connectivity index (χ2n) is 5.19. The Bertz CT molecular complexity index is 645. The monoisotopic (exact) mass is 338 g/mol. The maximum atomic E-state index is 11.6. The Kier molecular flexibility index (Phi) is 4.18. The standard InChI is InChI=1S/C15H19BrN2O2/c1-4-15(5-2,14(19)20)9-13-17-11-8-10(16)6-7-12(11)18(13)3/h6-8H,4-5,9H2,1-3H3,(H,19,20). The molecule has 4 nitrogen and oxygen atoms in total. The van der Waals surface area contributed by atoms with Crippen LogP contribution in [0.3, 0.4) is 0 Å². The molecule has 0 bridgehead atoms. The lowest BCUT2D eigenvalue weighted by Crippen LogP contribution is -2.33. The van der Waals surface area contributed by atoms with E-state index in [9.17, 15) is 9.90 Å². The summed E-state index contributed by atoms with van der Waals surface area (Å²) in [4.78, 5) is 16.2. The topological polar surface area (TPSA) is 55.1 Å². The highest BCUT2D eigenvalue weighted by molar-refractivity contribution is 9.10. The summed E-state index contributed by atoms with van der Waals surface area (Å²) in [7, 11) is 1.94. The fraction of sp³-hybridized carbons (Fsp3) is 0.467. The molecule has 0 radical (unpaired) electrons. The van der Waals surface area contributed by atoms with Gasteiger partial charge in [-0.15, -0.1) is 0 Å². The van der Waals surface area contributed by atoms with Crippen molar-refractivity contribution < 1.29 is 9.90 Å². The molecule has 0 aliphatic heterocycles. The number of aliphatic carboxylic acids is 1. The normalized spacial score (nSPS) is 12.0. The van der Waals surface area contributed by atoms with Crippen LogP contribution in [0.25, 0.3) is 11.0 Å². The Morgan fingerprint density at radius 3 is 2.60 bits per heavy atom. The molecular formula is C15H19BrN2O2. The minimum Gasteiger partial charge on any atom is -0.481 e. The second kappa shape index (κ2) is 5.56. The highest BCUT2D eigenvalue weighted by Gasteiger charge is 2.36. The van der Waals surface area contributed by atoms with Gasteiger partial charge in [0.1, 0.15) is 5.82 Å². The molecule has 0 aliphatic carbocycles. The maximum absolute atomic E-state index is 11.6. The van der Waals surface area contributed by atoms with Gasteiger partial charge in [0.15, 0.2) is 0 Å². The summed E-state index contributed by atoms with van der Waals surface area (Å²) in [6, 6.07) is 5.92. The Morgan fingerprint density at radius 1 is 1.40 bits per heavy atom. The third kappa shape index (κ3) is 2.46. The van der Waals surface area contributed by atoms with Crippen LogP contribution < -0.4 is 0 Å². The lowest BCUT2D eigenvalue weighted by atomic mass is 9.79. The Labute approximate surface area is 126 Å². The molecule has 5 heteroatoms. The van der Waals surface area contributed by atoms with E-state index >= 15 is 0 Å². The minimum absolute atomic E-state index is 0.456. The van der Waals surface area contributed by atoms with Gasteiger partial charge in [0, 0.05) is 17.9 Å². The number of aryl methyl sites for hydroxylation is 1. The van der Waals surface area contributed by atoms with Crippen molar-refractivity contribution in [3.8, 4) is 0 Å². The van der Waals surface area contributed by atoms with Gasteiger partial charge in [-0.2, -0.15) is 0 Å². The van der Waals surface area contributed by atoms with Crippen molar-refractivity contribution in [2.24, 2.45) is 12.5 Å². The van der Waals surface area contributed by atoms with Gasteiger partial charge in [0.05, 0.1) is 16.4 Å². The predicted molar refractivity (Wildman–Crippen MR) is 82.8 cm³/mol. The first kappa shape index (κ1) is 15.0. The van der Waals surface area contributed by atoms with Crippen molar-refractivity contribution in [2.75, 3.05) is 0 Å². The number of halogens is 1. The summed E-state index contributed by atoms with van der Waals surface area (Å²) in [5, 5.41) is 9.55. The van der Waals surface area contributed by atoms with Crippen LogP contribution in [0.5, 0.6) is 0 Å². The zero-order valence-electron chi connectivity index (χ0n) is 12.0. The second-order valence-corrected chi connectivity index (χ2v) is 6.11. The van der Waals surface area contributed by atoms with Crippen LogP contribution in [-0.2, 0) is 18.3 Å². The van der Waals surface area contributed by atoms with Crippen molar-refractivity contribution in [3.63, 3.8) is 0 Å². The summed E-state index contributed by atoms with van der Waals surface area (Å²) in [5.41, 5.74) is 1.19. The quantitative estimate of drug-likeness (QED) is 0.902. The van der Waals surface area contributed by atoms with Crippen LogP contribution in [0, 0.1) is 5.41 Å². The van der Waals surface area contributed by atoms with Gasteiger partial charge in [-0.05, 0) is 31.0 Å². The van der Waals surface area contributed by atoms with Crippen LogP contribution in [0.1, 0.15) is 32.5 Å². The molecule has 1 heterocycles. The molecule has 0 unspecified atom stereocenters. The summed E-state index contributed by atoms with van der Waals surface area (Å²) in [6.07, 6.45) is 1.66. The Hall–Kier alpha value is -1.36. The van der Waals surface area contributed by atoms with Gasteiger partial charge in [-0.3, -0.25) is 4.79 Å². The van der Waals surface area contributed by atoms with Crippen LogP contribution in [0.4, 0.5) is 0 Å². The SMILES string of the molecule is CCC(CC)(Cc1nc2cc(Br)ccc2n1C)C(=O)O. The van der Waals surface area contributed by atoms with Gasteiger partial charge in [-0.1, -0.05) is 29.8 Å². The molecule has 0 saturated heterocycles. The first-order chi connectivity index (χ1) is 9.43. The first-order valence-electron chi connectivity index (χ1n) is 6.77. The molecule has 1 aromatic carbocycles. The number of rotatable bonds is 5. The van der Waals surface area contributed by atoms with E-state index in [0.29, 0.717) is 19.3 Å². The summed E-state index contributed by atoms with van der Waals surface area (Å²) < 4.78 is 2.97. The van der Waals surface area contributed by atoms with Crippen LogP contribution in [0.2, 0.25) is 0 Å². The van der Waals surface area contributed by atoms with E-state index in [1.807, 2.05) is 43.7 Å². The molecule has 2 aromatic rings. The molecule has 0 saturated carbocycles. The maximum Gasteiger partial charge on any atom is 0.310 e. The first-order valence-corrected chi connectivity index (χ1v) is 7.57. The van der Waals surface area contributed by atoms with E-state index in [1.165, 1.54) is 0 Å². The number of imidazole rings is 1.